The Kier molecular flexibility index (Phi) is 5.94. The van der Waals surface area contributed by atoms with E-state index in [1.54, 1.807) is 0 Å². The molecule has 0 amide bonds. The molecule has 1 atom stereocenters. The smallest absolute Gasteiger partial charge is 0.323 e. The van der Waals surface area contributed by atoms with Gasteiger partial charge in [-0.3, -0.25) is 5.43 Å². The fourth-order valence-corrected chi connectivity index (χ4v) is 2.23. The van der Waals surface area contributed by atoms with Gasteiger partial charge in [-0.2, -0.15) is 15.0 Å². The number of nitrogens with two attached hydrogens (primary N) is 1. The first-order valence-corrected chi connectivity index (χ1v) is 7.48. The van der Waals surface area contributed by atoms with Crippen molar-refractivity contribution >= 4 is 11.9 Å². The number of nitrogens with one attached hydrogen (secondary N) is 1. The molecule has 0 spiro atoms. The van der Waals surface area contributed by atoms with Gasteiger partial charge in [0.25, 0.3) is 0 Å². The second kappa shape index (κ2) is 7.94. The molecule has 8 nitrogen and oxygen atoms in total. The molecule has 3 N–H and O–H groups in total. The molecule has 21 heavy (non-hydrogen) atoms. The summed E-state index contributed by atoms with van der Waals surface area (Å²) in [7, 11) is 0. The number of hydrazine groups is 1. The molecule has 1 aliphatic rings. The van der Waals surface area contributed by atoms with Crippen LogP contribution in [0.5, 0.6) is 6.01 Å². The Hall–Kier alpha value is -1.67. The Morgan fingerprint density at radius 2 is 2.10 bits per heavy atom. The van der Waals surface area contributed by atoms with Crippen LogP contribution in [0, 0.1) is 0 Å². The van der Waals surface area contributed by atoms with Crippen molar-refractivity contribution in [1.29, 1.82) is 0 Å². The molecule has 0 saturated carbocycles. The number of hydrogen-bond acceptors (Lipinski definition) is 8. The van der Waals surface area contributed by atoms with E-state index in [2.05, 4.69) is 20.4 Å². The second-order valence-electron chi connectivity index (χ2n) is 4.86. The minimum atomic E-state index is 0.113. The molecule has 1 fully saturated rings. The molecule has 0 aromatic carbocycles. The van der Waals surface area contributed by atoms with Gasteiger partial charge >= 0.3 is 6.01 Å². The zero-order valence-electron chi connectivity index (χ0n) is 12.7. The van der Waals surface area contributed by atoms with Crippen LogP contribution in [0.25, 0.3) is 0 Å². The van der Waals surface area contributed by atoms with Crippen molar-refractivity contribution in [2.24, 2.45) is 5.84 Å². The van der Waals surface area contributed by atoms with E-state index in [-0.39, 0.29) is 12.1 Å². The standard InChI is InChI=1S/C13H24N6O2/c1-3-19(4-2)12-15-11(18-14)16-13(17-12)21-9-10-7-5-6-8-20-10/h10H,3-9,14H2,1-2H3,(H,15,16,17,18). The third-order valence-electron chi connectivity index (χ3n) is 3.45. The van der Waals surface area contributed by atoms with Gasteiger partial charge in [0, 0.05) is 19.7 Å². The molecule has 1 aromatic heterocycles. The molecule has 1 unspecified atom stereocenters. The van der Waals surface area contributed by atoms with Gasteiger partial charge in [-0.05, 0) is 33.1 Å². The number of rotatable bonds is 7. The predicted molar refractivity (Wildman–Crippen MR) is 80.3 cm³/mol. The molecule has 0 aliphatic carbocycles. The zero-order valence-corrected chi connectivity index (χ0v) is 12.7. The van der Waals surface area contributed by atoms with Crippen molar-refractivity contribution in [3.63, 3.8) is 0 Å². The highest BCUT2D eigenvalue weighted by Crippen LogP contribution is 2.17. The summed E-state index contributed by atoms with van der Waals surface area (Å²) in [5.74, 6) is 6.26. The maximum absolute atomic E-state index is 5.66. The maximum atomic E-state index is 5.66. The zero-order chi connectivity index (χ0) is 15.1. The molecule has 1 aliphatic heterocycles. The lowest BCUT2D eigenvalue weighted by molar-refractivity contribution is -0.0129. The molecular formula is C13H24N6O2. The van der Waals surface area contributed by atoms with Gasteiger partial charge in [0.1, 0.15) is 6.61 Å². The lowest BCUT2D eigenvalue weighted by Gasteiger charge is -2.23. The highest BCUT2D eigenvalue weighted by atomic mass is 16.5. The van der Waals surface area contributed by atoms with Gasteiger partial charge in [-0.25, -0.2) is 5.84 Å². The fraction of sp³-hybridized carbons (Fsp3) is 0.769. The van der Waals surface area contributed by atoms with Crippen molar-refractivity contribution in [2.75, 3.05) is 36.6 Å². The van der Waals surface area contributed by atoms with Crippen LogP contribution in [0.4, 0.5) is 11.9 Å². The SMILES string of the molecule is CCN(CC)c1nc(NN)nc(OCC2CCCCO2)n1. The lowest BCUT2D eigenvalue weighted by atomic mass is 10.1. The molecule has 118 valence electrons. The first kappa shape index (κ1) is 15.7. The molecule has 0 radical (unpaired) electrons. The third kappa shape index (κ3) is 4.40. The minimum absolute atomic E-state index is 0.113. The van der Waals surface area contributed by atoms with Gasteiger partial charge in [-0.15, -0.1) is 0 Å². The summed E-state index contributed by atoms with van der Waals surface area (Å²) in [5.41, 5.74) is 2.45. The summed E-state index contributed by atoms with van der Waals surface area (Å²) >= 11 is 0. The molecule has 2 heterocycles. The topological polar surface area (TPSA) is 98.4 Å². The third-order valence-corrected chi connectivity index (χ3v) is 3.45. The number of nitrogens with zero attached hydrogens (tertiary/aromatic N) is 4. The average molecular weight is 296 g/mol. The second-order valence-corrected chi connectivity index (χ2v) is 4.86. The van der Waals surface area contributed by atoms with Gasteiger partial charge in [0.05, 0.1) is 6.10 Å². The lowest BCUT2D eigenvalue weighted by Crippen LogP contribution is -2.28. The van der Waals surface area contributed by atoms with Crippen LogP contribution in [0.1, 0.15) is 33.1 Å². The van der Waals surface area contributed by atoms with Gasteiger partial charge in [0.2, 0.25) is 11.9 Å². The Morgan fingerprint density at radius 3 is 2.71 bits per heavy atom. The number of nitrogen functional groups attached to an aromatic ring is 1. The number of ether oxygens (including phenoxy) is 2. The minimum Gasteiger partial charge on any atom is -0.461 e. The van der Waals surface area contributed by atoms with Crippen LogP contribution < -0.4 is 20.9 Å². The van der Waals surface area contributed by atoms with Crippen molar-refractivity contribution < 1.29 is 9.47 Å². The maximum Gasteiger partial charge on any atom is 0.323 e. The van der Waals surface area contributed by atoms with Crippen molar-refractivity contribution in [2.45, 2.75) is 39.2 Å². The van der Waals surface area contributed by atoms with Crippen molar-refractivity contribution in [3.05, 3.63) is 0 Å². The van der Waals surface area contributed by atoms with E-state index in [0.29, 0.717) is 18.5 Å². The van der Waals surface area contributed by atoms with E-state index in [1.165, 1.54) is 6.42 Å². The van der Waals surface area contributed by atoms with Gasteiger partial charge in [0.15, 0.2) is 0 Å². The van der Waals surface area contributed by atoms with E-state index in [0.717, 1.165) is 32.5 Å². The van der Waals surface area contributed by atoms with E-state index >= 15 is 0 Å². The van der Waals surface area contributed by atoms with Crippen LogP contribution in [-0.2, 0) is 4.74 Å². The number of hydrogen-bond donors (Lipinski definition) is 2. The molecule has 0 bridgehead atoms. The Labute approximate surface area is 125 Å². The Bertz CT molecular complexity index is 435. The van der Waals surface area contributed by atoms with Crippen LogP contribution in [-0.4, -0.2) is 47.4 Å². The molecule has 8 heteroatoms. The number of anilines is 2. The molecule has 1 aromatic rings. The Morgan fingerprint density at radius 1 is 1.29 bits per heavy atom. The van der Waals surface area contributed by atoms with E-state index in [9.17, 15) is 0 Å². The highest BCUT2D eigenvalue weighted by Gasteiger charge is 2.17. The average Bonchev–Trinajstić information content (AvgIpc) is 2.55. The first-order valence-electron chi connectivity index (χ1n) is 7.48. The van der Waals surface area contributed by atoms with Crippen LogP contribution in [0.3, 0.4) is 0 Å². The number of aromatic nitrogens is 3. The van der Waals surface area contributed by atoms with E-state index < -0.39 is 0 Å². The summed E-state index contributed by atoms with van der Waals surface area (Å²) in [5, 5.41) is 0. The normalized spacial score (nSPS) is 18.3. The molecule has 2 rings (SSSR count). The summed E-state index contributed by atoms with van der Waals surface area (Å²) in [6.45, 7) is 6.93. The summed E-state index contributed by atoms with van der Waals surface area (Å²) < 4.78 is 11.3. The molecule has 1 saturated heterocycles. The van der Waals surface area contributed by atoms with Gasteiger partial charge < -0.3 is 14.4 Å². The molecular weight excluding hydrogens is 272 g/mol. The van der Waals surface area contributed by atoms with Gasteiger partial charge in [-0.1, -0.05) is 0 Å². The summed E-state index contributed by atoms with van der Waals surface area (Å²) in [6.07, 6.45) is 3.42. The van der Waals surface area contributed by atoms with E-state index in [4.69, 9.17) is 15.3 Å². The van der Waals surface area contributed by atoms with E-state index in [1.807, 2.05) is 18.7 Å². The van der Waals surface area contributed by atoms with Crippen molar-refractivity contribution in [3.8, 4) is 6.01 Å². The van der Waals surface area contributed by atoms with Crippen molar-refractivity contribution in [1.82, 2.24) is 15.0 Å². The fourth-order valence-electron chi connectivity index (χ4n) is 2.23. The monoisotopic (exact) mass is 296 g/mol. The largest absolute Gasteiger partial charge is 0.461 e. The summed E-state index contributed by atoms with van der Waals surface area (Å²) in [4.78, 5) is 14.7. The first-order chi connectivity index (χ1) is 10.3. The van der Waals surface area contributed by atoms with Crippen LogP contribution in [0.2, 0.25) is 0 Å². The predicted octanol–water partition coefficient (Wildman–Crippen LogP) is 0.951. The quantitative estimate of drug-likeness (QED) is 0.567. The summed E-state index contributed by atoms with van der Waals surface area (Å²) in [6, 6.07) is 0.272. The van der Waals surface area contributed by atoms with Crippen LogP contribution >= 0.6 is 0 Å². The highest BCUT2D eigenvalue weighted by molar-refractivity contribution is 5.37. The van der Waals surface area contributed by atoms with Crippen LogP contribution in [0.15, 0.2) is 0 Å². The Balaban J connectivity index is 2.04.